The Hall–Kier alpha value is -3.15. The summed E-state index contributed by atoms with van der Waals surface area (Å²) in [6.07, 6.45) is 63.1. The maximum atomic E-state index is 12.8. The minimum absolute atomic E-state index is 0.0958. The average molecular weight is 865 g/mol. The first-order valence-corrected chi connectivity index (χ1v) is 25.9. The largest absolute Gasteiger partial charge is 0.462 e. The summed E-state index contributed by atoms with van der Waals surface area (Å²) < 4.78 is 16.7. The molecule has 1 atom stereocenters. The Labute approximate surface area is 382 Å². The molecule has 6 heteroatoms. The summed E-state index contributed by atoms with van der Waals surface area (Å²) in [6, 6.07) is 0. The van der Waals surface area contributed by atoms with Gasteiger partial charge in [-0.05, 0) is 83.5 Å². The zero-order valence-corrected chi connectivity index (χ0v) is 40.6. The summed E-state index contributed by atoms with van der Waals surface area (Å²) >= 11 is 0. The van der Waals surface area contributed by atoms with E-state index in [1.165, 1.54) is 116 Å². The lowest BCUT2D eigenvalue weighted by atomic mass is 10.0. The third-order valence-electron chi connectivity index (χ3n) is 10.9. The van der Waals surface area contributed by atoms with Gasteiger partial charge in [-0.15, -0.1) is 0 Å². The van der Waals surface area contributed by atoms with Crippen LogP contribution in [0.3, 0.4) is 0 Å². The third-order valence-corrected chi connectivity index (χ3v) is 10.9. The van der Waals surface area contributed by atoms with E-state index in [1.54, 1.807) is 0 Å². The molecule has 0 aromatic rings. The Bertz CT molecular complexity index is 1180. The zero-order chi connectivity index (χ0) is 45.1. The van der Waals surface area contributed by atoms with Crippen molar-refractivity contribution in [3.8, 4) is 0 Å². The maximum Gasteiger partial charge on any atom is 0.306 e. The summed E-state index contributed by atoms with van der Waals surface area (Å²) in [4.78, 5) is 37.9. The van der Waals surface area contributed by atoms with E-state index in [1.807, 2.05) is 0 Å². The van der Waals surface area contributed by atoms with Crippen molar-refractivity contribution in [2.75, 3.05) is 13.2 Å². The van der Waals surface area contributed by atoms with Crippen molar-refractivity contribution in [3.05, 3.63) is 72.9 Å². The second-order valence-corrected chi connectivity index (χ2v) is 17.1. The molecule has 0 radical (unpaired) electrons. The fourth-order valence-corrected chi connectivity index (χ4v) is 7.06. The fourth-order valence-electron chi connectivity index (χ4n) is 7.06. The van der Waals surface area contributed by atoms with E-state index in [-0.39, 0.29) is 37.5 Å². The summed E-state index contributed by atoms with van der Waals surface area (Å²) in [5.41, 5.74) is 0. The first-order chi connectivity index (χ1) is 30.5. The minimum Gasteiger partial charge on any atom is -0.462 e. The van der Waals surface area contributed by atoms with Crippen molar-refractivity contribution in [1.82, 2.24) is 0 Å². The van der Waals surface area contributed by atoms with Gasteiger partial charge in [-0.3, -0.25) is 14.4 Å². The Balaban J connectivity index is 4.47. The Morgan fingerprint density at radius 3 is 1.08 bits per heavy atom. The molecule has 0 saturated carbocycles. The van der Waals surface area contributed by atoms with Gasteiger partial charge < -0.3 is 14.2 Å². The number of hydrogen-bond donors (Lipinski definition) is 0. The standard InChI is InChI=1S/C56H96O6/c1-4-7-10-13-16-19-22-25-27-28-29-32-34-37-40-43-46-49-55(58)61-52-53(51-60-54(57)48-45-42-39-36-33-30-24-21-18-15-12-9-6-3)62-56(59)50-47-44-41-38-35-31-26-23-20-17-14-11-8-5-2/h7,10,16,19,21,24-25,27,29,32,37,40,53H,4-6,8-9,11-15,17-18,20,22-23,26,28,30-31,33-36,38-39,41-52H2,1-3H3/b10-7-,19-16-,24-21-,27-25-,32-29-,40-37-/t53-/m1/s1. The topological polar surface area (TPSA) is 78.9 Å². The van der Waals surface area contributed by atoms with Crippen LogP contribution >= 0.6 is 0 Å². The second kappa shape index (κ2) is 50.5. The van der Waals surface area contributed by atoms with E-state index in [9.17, 15) is 14.4 Å². The molecular weight excluding hydrogens is 769 g/mol. The fraction of sp³-hybridized carbons (Fsp3) is 0.732. The van der Waals surface area contributed by atoms with Crippen molar-refractivity contribution < 1.29 is 28.6 Å². The quantitative estimate of drug-likeness (QED) is 0.0262. The van der Waals surface area contributed by atoms with Crippen LogP contribution in [0.4, 0.5) is 0 Å². The molecule has 0 aliphatic heterocycles. The van der Waals surface area contributed by atoms with Gasteiger partial charge in [0.25, 0.3) is 0 Å². The van der Waals surface area contributed by atoms with Crippen LogP contribution in [0.2, 0.25) is 0 Å². The van der Waals surface area contributed by atoms with E-state index in [4.69, 9.17) is 14.2 Å². The maximum absolute atomic E-state index is 12.8. The average Bonchev–Trinajstić information content (AvgIpc) is 3.27. The molecule has 0 heterocycles. The minimum atomic E-state index is -0.798. The Morgan fingerprint density at radius 2 is 0.645 bits per heavy atom. The molecule has 62 heavy (non-hydrogen) atoms. The van der Waals surface area contributed by atoms with Crippen LogP contribution in [0.5, 0.6) is 0 Å². The van der Waals surface area contributed by atoms with Crippen LogP contribution < -0.4 is 0 Å². The molecule has 0 bridgehead atoms. The lowest BCUT2D eigenvalue weighted by Gasteiger charge is -2.18. The highest BCUT2D eigenvalue weighted by Crippen LogP contribution is 2.15. The smallest absolute Gasteiger partial charge is 0.306 e. The van der Waals surface area contributed by atoms with Crippen molar-refractivity contribution in [1.29, 1.82) is 0 Å². The monoisotopic (exact) mass is 865 g/mol. The van der Waals surface area contributed by atoms with E-state index >= 15 is 0 Å². The molecule has 0 amide bonds. The zero-order valence-electron chi connectivity index (χ0n) is 40.6. The number of unbranched alkanes of at least 4 members (excludes halogenated alkanes) is 23. The molecule has 0 fully saturated rings. The van der Waals surface area contributed by atoms with Crippen LogP contribution in [-0.2, 0) is 28.6 Å². The predicted molar refractivity (Wildman–Crippen MR) is 265 cm³/mol. The lowest BCUT2D eigenvalue weighted by molar-refractivity contribution is -0.167. The number of carbonyl (C=O) groups is 3. The van der Waals surface area contributed by atoms with Gasteiger partial charge in [-0.2, -0.15) is 0 Å². The van der Waals surface area contributed by atoms with Gasteiger partial charge in [0.2, 0.25) is 0 Å². The number of rotatable bonds is 46. The van der Waals surface area contributed by atoms with Gasteiger partial charge in [0, 0.05) is 19.3 Å². The summed E-state index contributed by atoms with van der Waals surface area (Å²) in [5, 5.41) is 0. The summed E-state index contributed by atoms with van der Waals surface area (Å²) in [5.74, 6) is -0.961. The van der Waals surface area contributed by atoms with Crippen molar-refractivity contribution >= 4 is 17.9 Å². The predicted octanol–water partition coefficient (Wildman–Crippen LogP) is 17.0. The highest BCUT2D eigenvalue weighted by Gasteiger charge is 2.19. The van der Waals surface area contributed by atoms with Gasteiger partial charge >= 0.3 is 17.9 Å². The molecule has 0 unspecified atom stereocenters. The first-order valence-electron chi connectivity index (χ1n) is 25.9. The molecule has 6 nitrogen and oxygen atoms in total. The van der Waals surface area contributed by atoms with E-state index in [2.05, 4.69) is 93.7 Å². The molecule has 0 aromatic carbocycles. The summed E-state index contributed by atoms with van der Waals surface area (Å²) in [6.45, 7) is 6.46. The normalized spacial score (nSPS) is 12.6. The van der Waals surface area contributed by atoms with Gasteiger partial charge in [-0.25, -0.2) is 0 Å². The first kappa shape index (κ1) is 58.9. The molecular formula is C56H96O6. The van der Waals surface area contributed by atoms with Crippen molar-refractivity contribution in [2.45, 2.75) is 252 Å². The molecule has 0 saturated heterocycles. The third kappa shape index (κ3) is 47.9. The molecule has 0 N–H and O–H groups in total. The molecule has 0 rings (SSSR count). The number of allylic oxidation sites excluding steroid dienone is 12. The van der Waals surface area contributed by atoms with Crippen LogP contribution in [0.25, 0.3) is 0 Å². The number of ether oxygens (including phenoxy) is 3. The Kier molecular flexibility index (Phi) is 47.9. The van der Waals surface area contributed by atoms with E-state index in [0.29, 0.717) is 19.3 Å². The van der Waals surface area contributed by atoms with Crippen LogP contribution in [-0.4, -0.2) is 37.2 Å². The molecule has 0 aliphatic rings. The number of carbonyl (C=O) groups excluding carboxylic acids is 3. The summed E-state index contributed by atoms with van der Waals surface area (Å²) in [7, 11) is 0. The lowest BCUT2D eigenvalue weighted by Crippen LogP contribution is -2.30. The SMILES string of the molecule is CC/C=C\C/C=C\C/C=C\C/C=C\C/C=C\CCCC(=O)OC[C@@H](COC(=O)CCCCCCC/C=C\CCCCCC)OC(=O)CCCCCCCCCCCCCCCC. The number of esters is 3. The van der Waals surface area contributed by atoms with E-state index < -0.39 is 6.10 Å². The number of hydrogen-bond acceptors (Lipinski definition) is 6. The van der Waals surface area contributed by atoms with Gasteiger partial charge in [0.1, 0.15) is 13.2 Å². The highest BCUT2D eigenvalue weighted by atomic mass is 16.6. The van der Waals surface area contributed by atoms with Crippen molar-refractivity contribution in [2.24, 2.45) is 0 Å². The molecule has 0 spiro atoms. The van der Waals surface area contributed by atoms with Gasteiger partial charge in [-0.1, -0.05) is 216 Å². The Morgan fingerprint density at radius 1 is 0.339 bits per heavy atom. The molecule has 0 aliphatic carbocycles. The van der Waals surface area contributed by atoms with Crippen LogP contribution in [0.1, 0.15) is 245 Å². The van der Waals surface area contributed by atoms with Crippen LogP contribution in [0.15, 0.2) is 72.9 Å². The highest BCUT2D eigenvalue weighted by molar-refractivity contribution is 5.71. The second-order valence-electron chi connectivity index (χ2n) is 17.1. The van der Waals surface area contributed by atoms with Gasteiger partial charge in [0.15, 0.2) is 6.10 Å². The molecule has 356 valence electrons. The van der Waals surface area contributed by atoms with Crippen molar-refractivity contribution in [3.63, 3.8) is 0 Å². The van der Waals surface area contributed by atoms with Gasteiger partial charge in [0.05, 0.1) is 0 Å². The van der Waals surface area contributed by atoms with E-state index in [0.717, 1.165) is 83.5 Å². The van der Waals surface area contributed by atoms with Crippen LogP contribution in [0, 0.1) is 0 Å². The molecule has 0 aromatic heterocycles.